The average Bonchev–Trinajstić information content (AvgIpc) is 2.72. The van der Waals surface area contributed by atoms with Crippen LogP contribution in [0.25, 0.3) is 11.1 Å². The fraction of sp³-hybridized carbons (Fsp3) is 0.143. The number of hydrogen-bond acceptors (Lipinski definition) is 3. The first-order chi connectivity index (χ1) is 8.22. The van der Waals surface area contributed by atoms with E-state index in [1.807, 2.05) is 30.3 Å². The van der Waals surface area contributed by atoms with Crippen molar-refractivity contribution in [3.8, 4) is 22.6 Å². The zero-order chi connectivity index (χ0) is 12.0. The molecule has 0 radical (unpaired) electrons. The number of rotatable bonds is 1. The van der Waals surface area contributed by atoms with Gasteiger partial charge in [0.05, 0.1) is 0 Å². The summed E-state index contributed by atoms with van der Waals surface area (Å²) in [6.07, 6.45) is 0.662. The van der Waals surface area contributed by atoms with E-state index in [1.165, 1.54) is 5.56 Å². The number of aromatic hydroxyl groups is 2. The molecule has 0 saturated carbocycles. The van der Waals surface area contributed by atoms with Gasteiger partial charge < -0.3 is 15.9 Å². The summed E-state index contributed by atoms with van der Waals surface area (Å²) in [4.78, 5) is 0. The van der Waals surface area contributed by atoms with Crippen LogP contribution in [0.15, 0.2) is 30.3 Å². The maximum Gasteiger partial charge on any atom is 0.162 e. The minimum absolute atomic E-state index is 0.0286. The molecule has 0 bridgehead atoms. The van der Waals surface area contributed by atoms with Crippen LogP contribution in [-0.2, 0) is 13.0 Å². The van der Waals surface area contributed by atoms with Crippen LogP contribution in [0, 0.1) is 0 Å². The van der Waals surface area contributed by atoms with Crippen molar-refractivity contribution in [2.75, 3.05) is 0 Å². The zero-order valence-electron chi connectivity index (χ0n) is 9.27. The van der Waals surface area contributed by atoms with E-state index in [-0.39, 0.29) is 18.0 Å². The van der Waals surface area contributed by atoms with Crippen LogP contribution in [0.1, 0.15) is 16.7 Å². The van der Waals surface area contributed by atoms with Crippen molar-refractivity contribution in [2.24, 2.45) is 5.73 Å². The second kappa shape index (κ2) is 3.50. The van der Waals surface area contributed by atoms with Crippen LogP contribution in [0.5, 0.6) is 11.5 Å². The predicted molar refractivity (Wildman–Crippen MR) is 65.9 cm³/mol. The van der Waals surface area contributed by atoms with Gasteiger partial charge in [-0.3, -0.25) is 0 Å². The monoisotopic (exact) mass is 227 g/mol. The third-order valence-electron chi connectivity index (χ3n) is 3.35. The maximum absolute atomic E-state index is 10.00. The minimum Gasteiger partial charge on any atom is -0.504 e. The van der Waals surface area contributed by atoms with Crippen molar-refractivity contribution in [1.29, 1.82) is 0 Å². The van der Waals surface area contributed by atoms with Crippen LogP contribution in [-0.4, -0.2) is 10.2 Å². The van der Waals surface area contributed by atoms with Gasteiger partial charge in [0.2, 0.25) is 0 Å². The van der Waals surface area contributed by atoms with Crippen molar-refractivity contribution in [3.05, 3.63) is 47.0 Å². The van der Waals surface area contributed by atoms with E-state index in [0.717, 1.165) is 16.7 Å². The first-order valence-corrected chi connectivity index (χ1v) is 5.57. The van der Waals surface area contributed by atoms with Gasteiger partial charge in [0, 0.05) is 24.1 Å². The molecule has 0 heterocycles. The lowest BCUT2D eigenvalue weighted by Gasteiger charge is -2.09. The number of hydrogen-bond donors (Lipinski definition) is 3. The third-order valence-corrected chi connectivity index (χ3v) is 3.35. The predicted octanol–water partition coefficient (Wildman–Crippen LogP) is 2.13. The first-order valence-electron chi connectivity index (χ1n) is 5.57. The lowest BCUT2D eigenvalue weighted by atomic mass is 10.0. The molecule has 0 atom stereocenters. The second-order valence-electron chi connectivity index (χ2n) is 4.30. The topological polar surface area (TPSA) is 66.5 Å². The van der Waals surface area contributed by atoms with Gasteiger partial charge >= 0.3 is 0 Å². The molecule has 3 heteroatoms. The van der Waals surface area contributed by atoms with Crippen molar-refractivity contribution < 1.29 is 10.2 Å². The molecule has 0 amide bonds. The molecule has 2 aromatic rings. The van der Waals surface area contributed by atoms with Gasteiger partial charge in [-0.1, -0.05) is 24.3 Å². The molecule has 0 aromatic heterocycles. The van der Waals surface area contributed by atoms with Gasteiger partial charge in [-0.2, -0.15) is 0 Å². The minimum atomic E-state index is -0.0842. The Kier molecular flexibility index (Phi) is 2.09. The van der Waals surface area contributed by atoms with E-state index in [9.17, 15) is 10.2 Å². The van der Waals surface area contributed by atoms with E-state index < -0.39 is 0 Å². The maximum atomic E-state index is 10.00. The Morgan fingerprint density at radius 1 is 1.06 bits per heavy atom. The van der Waals surface area contributed by atoms with Gasteiger partial charge in [0.25, 0.3) is 0 Å². The number of benzene rings is 2. The molecule has 0 saturated heterocycles. The molecule has 0 aliphatic heterocycles. The van der Waals surface area contributed by atoms with Crippen molar-refractivity contribution in [2.45, 2.75) is 13.0 Å². The normalized spacial score (nSPS) is 12.3. The zero-order valence-corrected chi connectivity index (χ0v) is 9.27. The molecule has 0 fully saturated rings. The summed E-state index contributed by atoms with van der Waals surface area (Å²) in [6, 6.07) is 9.88. The smallest absolute Gasteiger partial charge is 0.162 e. The quantitative estimate of drug-likeness (QED) is 0.558. The second-order valence-corrected chi connectivity index (χ2v) is 4.30. The Morgan fingerprint density at radius 2 is 1.82 bits per heavy atom. The van der Waals surface area contributed by atoms with Crippen molar-refractivity contribution >= 4 is 0 Å². The number of fused-ring (bicyclic) bond motifs is 3. The molecular weight excluding hydrogens is 214 g/mol. The Labute approximate surface area is 99.1 Å². The molecule has 17 heavy (non-hydrogen) atoms. The number of phenolic OH excluding ortho intramolecular Hbond substituents is 2. The average molecular weight is 227 g/mol. The third kappa shape index (κ3) is 1.33. The highest BCUT2D eigenvalue weighted by Gasteiger charge is 2.24. The molecule has 86 valence electrons. The van der Waals surface area contributed by atoms with Gasteiger partial charge in [0.15, 0.2) is 11.5 Å². The van der Waals surface area contributed by atoms with E-state index in [0.29, 0.717) is 12.0 Å². The summed E-state index contributed by atoms with van der Waals surface area (Å²) < 4.78 is 0. The highest BCUT2D eigenvalue weighted by molar-refractivity contribution is 5.81. The summed E-state index contributed by atoms with van der Waals surface area (Å²) in [5.41, 5.74) is 10.2. The molecule has 3 nitrogen and oxygen atoms in total. The van der Waals surface area contributed by atoms with Crippen LogP contribution < -0.4 is 5.73 Å². The summed E-state index contributed by atoms with van der Waals surface area (Å²) in [5, 5.41) is 19.8. The standard InChI is InChI=1S/C14H13NO2/c15-7-9-6-11-10-4-2-1-3-8(10)5-12(11)14(17)13(9)16/h1-4,6,16-17H,5,7,15H2. The van der Waals surface area contributed by atoms with Crippen molar-refractivity contribution in [3.63, 3.8) is 0 Å². The SMILES string of the molecule is NCc1cc2c(c(O)c1O)Cc1ccccc1-2. The molecule has 1 aliphatic rings. The van der Waals surface area contributed by atoms with E-state index in [1.54, 1.807) is 0 Å². The lowest BCUT2D eigenvalue weighted by Crippen LogP contribution is -1.98. The van der Waals surface area contributed by atoms with Crippen molar-refractivity contribution in [1.82, 2.24) is 0 Å². The highest BCUT2D eigenvalue weighted by atomic mass is 16.3. The Hall–Kier alpha value is -2.00. The van der Waals surface area contributed by atoms with E-state index in [4.69, 9.17) is 5.73 Å². The molecule has 0 unspecified atom stereocenters. The van der Waals surface area contributed by atoms with Crippen LogP contribution in [0.2, 0.25) is 0 Å². The van der Waals surface area contributed by atoms with Crippen LogP contribution in [0.3, 0.4) is 0 Å². The summed E-state index contributed by atoms with van der Waals surface area (Å²) in [7, 11) is 0. The number of phenols is 2. The molecule has 1 aliphatic carbocycles. The fourth-order valence-corrected chi connectivity index (χ4v) is 2.45. The molecule has 4 N–H and O–H groups in total. The van der Waals surface area contributed by atoms with Crippen LogP contribution >= 0.6 is 0 Å². The van der Waals surface area contributed by atoms with Gasteiger partial charge in [-0.25, -0.2) is 0 Å². The Morgan fingerprint density at radius 3 is 2.59 bits per heavy atom. The van der Waals surface area contributed by atoms with E-state index in [2.05, 4.69) is 0 Å². The van der Waals surface area contributed by atoms with Gasteiger partial charge in [-0.15, -0.1) is 0 Å². The summed E-state index contributed by atoms with van der Waals surface area (Å²) in [6.45, 7) is 0.217. The highest BCUT2D eigenvalue weighted by Crippen LogP contribution is 2.46. The molecule has 0 spiro atoms. The van der Waals surface area contributed by atoms with Gasteiger partial charge in [-0.05, 0) is 22.8 Å². The van der Waals surface area contributed by atoms with E-state index >= 15 is 0 Å². The molecule has 2 aromatic carbocycles. The molecule has 3 rings (SSSR count). The summed E-state index contributed by atoms with van der Waals surface area (Å²) >= 11 is 0. The Bertz CT molecular complexity index is 605. The number of nitrogens with two attached hydrogens (primary N) is 1. The van der Waals surface area contributed by atoms with Gasteiger partial charge in [0.1, 0.15) is 0 Å². The first kappa shape index (κ1) is 10.2. The summed E-state index contributed by atoms with van der Waals surface area (Å²) in [5.74, 6) is -0.113. The molecular formula is C14H13NO2. The largest absolute Gasteiger partial charge is 0.504 e. The lowest BCUT2D eigenvalue weighted by molar-refractivity contribution is 0.396. The fourth-order valence-electron chi connectivity index (χ4n) is 2.45. The van der Waals surface area contributed by atoms with Crippen LogP contribution in [0.4, 0.5) is 0 Å². The Balaban J connectivity index is 2.30.